The molecule has 2 nitrogen and oxygen atoms in total. The Balaban J connectivity index is 0.000000980. The molecule has 1 N–H and O–H groups in total. The molecule has 14 heavy (non-hydrogen) atoms. The Hall–Kier alpha value is -1.12. The topological polar surface area (TPSA) is 33.1 Å². The van der Waals surface area contributed by atoms with Gasteiger partial charge in [-0.05, 0) is 18.6 Å². The zero-order valence-electron chi connectivity index (χ0n) is 7.90. The van der Waals surface area contributed by atoms with Gasteiger partial charge in [-0.15, -0.1) is 12.4 Å². The van der Waals surface area contributed by atoms with E-state index in [-0.39, 0.29) is 19.0 Å². The predicted octanol–water partition coefficient (Wildman–Crippen LogP) is 2.46. The monoisotopic (exact) mass is 209 g/mol. The molecule has 0 bridgehead atoms. The van der Waals surface area contributed by atoms with Crippen LogP contribution < -0.4 is 0 Å². The fraction of sp³-hybridized carbons (Fsp3) is 0.182. The molecular formula is C11H12ClNO. The summed E-state index contributed by atoms with van der Waals surface area (Å²) in [7, 11) is 0. The molecule has 1 heterocycles. The van der Waals surface area contributed by atoms with Crippen LogP contribution in [-0.4, -0.2) is 10.1 Å². The Morgan fingerprint density at radius 1 is 1.29 bits per heavy atom. The van der Waals surface area contributed by atoms with Crippen molar-refractivity contribution in [2.45, 2.75) is 13.5 Å². The second-order valence-electron chi connectivity index (χ2n) is 3.09. The van der Waals surface area contributed by atoms with Gasteiger partial charge in [-0.25, -0.2) is 0 Å². The molecule has 1 aromatic heterocycles. The number of hydrogen-bond acceptors (Lipinski definition) is 2. The molecule has 0 unspecified atom stereocenters. The Kier molecular flexibility index (Phi) is 3.44. The first-order valence-electron chi connectivity index (χ1n) is 4.27. The minimum Gasteiger partial charge on any atom is -0.392 e. The van der Waals surface area contributed by atoms with E-state index in [0.29, 0.717) is 0 Å². The predicted molar refractivity (Wildman–Crippen MR) is 59.7 cm³/mol. The number of hydrogen-bond donors (Lipinski definition) is 1. The highest BCUT2D eigenvalue weighted by Crippen LogP contribution is 2.19. The SMILES string of the molecule is Cc1ccc2cccnc2c1CO.Cl. The van der Waals surface area contributed by atoms with E-state index in [0.717, 1.165) is 22.0 Å². The zero-order valence-corrected chi connectivity index (χ0v) is 8.71. The maximum absolute atomic E-state index is 9.18. The fourth-order valence-electron chi connectivity index (χ4n) is 1.51. The number of aryl methyl sites for hydroxylation is 1. The number of halogens is 1. The summed E-state index contributed by atoms with van der Waals surface area (Å²) in [5, 5.41) is 10.3. The van der Waals surface area contributed by atoms with E-state index in [4.69, 9.17) is 0 Å². The number of fused-ring (bicyclic) bond motifs is 1. The number of pyridine rings is 1. The zero-order chi connectivity index (χ0) is 9.26. The first-order chi connectivity index (χ1) is 6.33. The molecule has 1 aromatic carbocycles. The number of nitrogens with zero attached hydrogens (tertiary/aromatic N) is 1. The quantitative estimate of drug-likeness (QED) is 0.783. The van der Waals surface area contributed by atoms with E-state index in [9.17, 15) is 5.11 Å². The molecule has 2 rings (SSSR count). The third-order valence-corrected chi connectivity index (χ3v) is 2.27. The van der Waals surface area contributed by atoms with Crippen LogP contribution in [0.5, 0.6) is 0 Å². The average molecular weight is 210 g/mol. The van der Waals surface area contributed by atoms with E-state index in [1.54, 1.807) is 6.20 Å². The maximum atomic E-state index is 9.18. The third kappa shape index (κ3) is 1.72. The van der Waals surface area contributed by atoms with Gasteiger partial charge in [0, 0.05) is 17.1 Å². The number of benzene rings is 1. The van der Waals surface area contributed by atoms with Crippen molar-refractivity contribution < 1.29 is 5.11 Å². The van der Waals surface area contributed by atoms with Crippen LogP contribution in [0.4, 0.5) is 0 Å². The van der Waals surface area contributed by atoms with Crippen LogP contribution in [-0.2, 0) is 6.61 Å². The van der Waals surface area contributed by atoms with Crippen molar-refractivity contribution in [3.63, 3.8) is 0 Å². The van der Waals surface area contributed by atoms with Crippen LogP contribution in [0.3, 0.4) is 0 Å². The second kappa shape index (κ2) is 4.40. The molecule has 0 saturated heterocycles. The van der Waals surface area contributed by atoms with Crippen molar-refractivity contribution in [3.8, 4) is 0 Å². The molecule has 0 spiro atoms. The van der Waals surface area contributed by atoms with E-state index in [2.05, 4.69) is 4.98 Å². The van der Waals surface area contributed by atoms with Gasteiger partial charge in [0.1, 0.15) is 0 Å². The van der Waals surface area contributed by atoms with E-state index in [1.165, 1.54) is 0 Å². The highest BCUT2D eigenvalue weighted by molar-refractivity contribution is 5.85. The maximum Gasteiger partial charge on any atom is 0.0759 e. The fourth-order valence-corrected chi connectivity index (χ4v) is 1.51. The molecule has 0 saturated carbocycles. The molecule has 0 fully saturated rings. The average Bonchev–Trinajstić information content (AvgIpc) is 2.18. The Morgan fingerprint density at radius 3 is 2.79 bits per heavy atom. The summed E-state index contributed by atoms with van der Waals surface area (Å²) in [5.74, 6) is 0. The summed E-state index contributed by atoms with van der Waals surface area (Å²) in [6.07, 6.45) is 1.75. The van der Waals surface area contributed by atoms with Gasteiger partial charge < -0.3 is 5.11 Å². The molecule has 0 radical (unpaired) electrons. The van der Waals surface area contributed by atoms with Crippen LogP contribution in [0, 0.1) is 6.92 Å². The summed E-state index contributed by atoms with van der Waals surface area (Å²) < 4.78 is 0. The normalized spacial score (nSPS) is 9.86. The minimum absolute atomic E-state index is 0. The van der Waals surface area contributed by atoms with E-state index in [1.807, 2.05) is 31.2 Å². The number of aromatic nitrogens is 1. The summed E-state index contributed by atoms with van der Waals surface area (Å²) in [4.78, 5) is 4.25. The first-order valence-corrected chi connectivity index (χ1v) is 4.27. The second-order valence-corrected chi connectivity index (χ2v) is 3.09. The summed E-state index contributed by atoms with van der Waals surface area (Å²) >= 11 is 0. The Labute approximate surface area is 89.0 Å². The molecule has 74 valence electrons. The molecule has 0 aliphatic rings. The molecule has 0 aliphatic carbocycles. The summed E-state index contributed by atoms with van der Waals surface area (Å²) in [6.45, 7) is 2.04. The van der Waals surface area contributed by atoms with Gasteiger partial charge in [0.05, 0.1) is 12.1 Å². The lowest BCUT2D eigenvalue weighted by Gasteiger charge is -2.05. The summed E-state index contributed by atoms with van der Waals surface area (Å²) in [5.41, 5.74) is 2.93. The Morgan fingerprint density at radius 2 is 2.07 bits per heavy atom. The number of aliphatic hydroxyl groups excluding tert-OH is 1. The molecule has 0 atom stereocenters. The van der Waals surface area contributed by atoms with Gasteiger partial charge in [-0.2, -0.15) is 0 Å². The van der Waals surface area contributed by atoms with Crippen molar-refractivity contribution in [1.82, 2.24) is 4.98 Å². The first kappa shape index (κ1) is 11.0. The van der Waals surface area contributed by atoms with Crippen molar-refractivity contribution in [2.24, 2.45) is 0 Å². The largest absolute Gasteiger partial charge is 0.392 e. The van der Waals surface area contributed by atoms with Gasteiger partial charge in [0.2, 0.25) is 0 Å². The highest BCUT2D eigenvalue weighted by Gasteiger charge is 2.03. The summed E-state index contributed by atoms with van der Waals surface area (Å²) in [6, 6.07) is 7.94. The van der Waals surface area contributed by atoms with E-state index >= 15 is 0 Å². The minimum atomic E-state index is 0. The molecule has 2 aromatic rings. The van der Waals surface area contributed by atoms with Crippen LogP contribution >= 0.6 is 12.4 Å². The van der Waals surface area contributed by atoms with Crippen molar-refractivity contribution in [2.75, 3.05) is 0 Å². The van der Waals surface area contributed by atoms with Gasteiger partial charge >= 0.3 is 0 Å². The van der Waals surface area contributed by atoms with Crippen molar-refractivity contribution in [3.05, 3.63) is 41.6 Å². The lowest BCUT2D eigenvalue weighted by Crippen LogP contribution is -1.92. The molecular weight excluding hydrogens is 198 g/mol. The number of aliphatic hydroxyl groups is 1. The van der Waals surface area contributed by atoms with Crippen LogP contribution in [0.1, 0.15) is 11.1 Å². The molecule has 0 amide bonds. The van der Waals surface area contributed by atoms with Crippen LogP contribution in [0.25, 0.3) is 10.9 Å². The van der Waals surface area contributed by atoms with Gasteiger partial charge in [-0.1, -0.05) is 18.2 Å². The van der Waals surface area contributed by atoms with Crippen LogP contribution in [0.2, 0.25) is 0 Å². The van der Waals surface area contributed by atoms with Gasteiger partial charge in [-0.3, -0.25) is 4.98 Å². The Bertz CT molecular complexity index is 442. The van der Waals surface area contributed by atoms with Gasteiger partial charge in [0.25, 0.3) is 0 Å². The molecule has 3 heteroatoms. The standard InChI is InChI=1S/C11H11NO.ClH/c1-8-4-5-9-3-2-6-12-11(9)10(8)7-13;/h2-6,13H,7H2,1H3;1H. The lowest BCUT2D eigenvalue weighted by molar-refractivity contribution is 0.282. The number of rotatable bonds is 1. The van der Waals surface area contributed by atoms with Crippen LogP contribution in [0.15, 0.2) is 30.5 Å². The molecule has 0 aliphatic heterocycles. The van der Waals surface area contributed by atoms with Gasteiger partial charge in [0.15, 0.2) is 0 Å². The highest BCUT2D eigenvalue weighted by atomic mass is 35.5. The third-order valence-electron chi connectivity index (χ3n) is 2.27. The van der Waals surface area contributed by atoms with Crippen molar-refractivity contribution >= 4 is 23.3 Å². The smallest absolute Gasteiger partial charge is 0.0759 e. The van der Waals surface area contributed by atoms with Crippen molar-refractivity contribution in [1.29, 1.82) is 0 Å². The lowest BCUT2D eigenvalue weighted by atomic mass is 10.1. The van der Waals surface area contributed by atoms with E-state index < -0.39 is 0 Å².